The first-order valence-corrected chi connectivity index (χ1v) is 7.79. The van der Waals surface area contributed by atoms with E-state index < -0.39 is 0 Å². The fraction of sp³-hybridized carbons (Fsp3) is 0.588. The molecule has 114 valence electrons. The van der Waals surface area contributed by atoms with Crippen LogP contribution in [0.4, 0.5) is 5.69 Å². The van der Waals surface area contributed by atoms with Crippen LogP contribution in [0.15, 0.2) is 24.3 Å². The van der Waals surface area contributed by atoms with Crippen LogP contribution in [0.1, 0.15) is 32.4 Å². The molecular weight excluding hydrogens is 262 g/mol. The lowest BCUT2D eigenvalue weighted by Crippen LogP contribution is -2.42. The average molecular weight is 287 g/mol. The fourth-order valence-electron chi connectivity index (χ4n) is 2.90. The van der Waals surface area contributed by atoms with Crippen LogP contribution >= 0.6 is 0 Å². The summed E-state index contributed by atoms with van der Waals surface area (Å²) in [5.41, 5.74) is 2.29. The van der Waals surface area contributed by atoms with Gasteiger partial charge in [-0.2, -0.15) is 5.26 Å². The predicted molar refractivity (Wildman–Crippen MR) is 85.3 cm³/mol. The molecule has 2 atom stereocenters. The van der Waals surface area contributed by atoms with Crippen LogP contribution in [0.25, 0.3) is 0 Å². The minimum absolute atomic E-state index is 0.179. The van der Waals surface area contributed by atoms with Crippen LogP contribution in [0.5, 0.6) is 0 Å². The molecule has 0 saturated carbocycles. The third-order valence-electron chi connectivity index (χ3n) is 4.10. The number of nitriles is 1. The highest BCUT2D eigenvalue weighted by Crippen LogP contribution is 2.25. The summed E-state index contributed by atoms with van der Waals surface area (Å²) in [4.78, 5) is 4.52. The van der Waals surface area contributed by atoms with Crippen molar-refractivity contribution >= 4 is 5.69 Å². The Morgan fingerprint density at radius 1 is 1.33 bits per heavy atom. The van der Waals surface area contributed by atoms with E-state index in [0.717, 1.165) is 31.7 Å². The van der Waals surface area contributed by atoms with Gasteiger partial charge in [0.1, 0.15) is 6.04 Å². The molecule has 4 heteroatoms. The number of morpholine rings is 1. The summed E-state index contributed by atoms with van der Waals surface area (Å²) in [7, 11) is 0. The maximum Gasteiger partial charge on any atom is 0.124 e. The van der Waals surface area contributed by atoms with Gasteiger partial charge in [0.2, 0.25) is 0 Å². The van der Waals surface area contributed by atoms with Crippen molar-refractivity contribution in [3.8, 4) is 6.07 Å². The molecule has 1 fully saturated rings. The molecule has 0 aromatic heterocycles. The summed E-state index contributed by atoms with van der Waals surface area (Å²) in [5.74, 6) is 0. The van der Waals surface area contributed by atoms with Gasteiger partial charge in [0.15, 0.2) is 0 Å². The number of nitrogens with zero attached hydrogens (tertiary/aromatic N) is 3. The molecular formula is C17H25N3O. The largest absolute Gasteiger partial charge is 0.376 e. The van der Waals surface area contributed by atoms with E-state index in [1.807, 2.05) is 0 Å². The van der Waals surface area contributed by atoms with Crippen LogP contribution in [0, 0.1) is 11.3 Å². The molecule has 2 rings (SSSR count). The minimum Gasteiger partial charge on any atom is -0.376 e. The van der Waals surface area contributed by atoms with Crippen LogP contribution in [-0.4, -0.2) is 43.8 Å². The quantitative estimate of drug-likeness (QED) is 0.835. The molecule has 1 aromatic rings. The topological polar surface area (TPSA) is 39.5 Å². The van der Waals surface area contributed by atoms with Crippen molar-refractivity contribution in [3.05, 3.63) is 29.8 Å². The number of anilines is 1. The second kappa shape index (κ2) is 7.44. The highest BCUT2D eigenvalue weighted by molar-refractivity contribution is 5.48. The average Bonchev–Trinajstić information content (AvgIpc) is 2.51. The highest BCUT2D eigenvalue weighted by atomic mass is 16.5. The lowest BCUT2D eigenvalue weighted by atomic mass is 10.0. The van der Waals surface area contributed by atoms with E-state index in [1.54, 1.807) is 0 Å². The molecule has 1 aliphatic heterocycles. The van der Waals surface area contributed by atoms with Crippen LogP contribution < -0.4 is 4.90 Å². The zero-order chi connectivity index (χ0) is 15.2. The van der Waals surface area contributed by atoms with Crippen LogP contribution in [0.2, 0.25) is 0 Å². The maximum atomic E-state index is 9.55. The van der Waals surface area contributed by atoms with E-state index in [1.165, 1.54) is 5.69 Å². The SMILES string of the molecule is CCN(CC)c1ccc([C@@H](C#N)N2CCO[C@H](C)C2)cc1. The van der Waals surface area contributed by atoms with Gasteiger partial charge in [0, 0.05) is 31.9 Å². The van der Waals surface area contributed by atoms with Crippen molar-refractivity contribution in [2.45, 2.75) is 32.9 Å². The zero-order valence-electron chi connectivity index (χ0n) is 13.2. The van der Waals surface area contributed by atoms with Gasteiger partial charge in [0.25, 0.3) is 0 Å². The molecule has 1 aliphatic rings. The fourth-order valence-corrected chi connectivity index (χ4v) is 2.90. The second-order valence-corrected chi connectivity index (χ2v) is 5.47. The summed E-state index contributed by atoms with van der Waals surface area (Å²) in [5, 5.41) is 9.55. The standard InChI is InChI=1S/C17H25N3O/c1-4-19(5-2)16-8-6-15(7-9-16)17(12-18)20-10-11-21-14(3)13-20/h6-9,14,17H,4-5,10-11,13H2,1-3H3/t14-,17-/m1/s1. The zero-order valence-corrected chi connectivity index (χ0v) is 13.2. The molecule has 0 amide bonds. The van der Waals surface area contributed by atoms with Crippen molar-refractivity contribution in [3.63, 3.8) is 0 Å². The van der Waals surface area contributed by atoms with E-state index in [4.69, 9.17) is 4.74 Å². The Hall–Kier alpha value is -1.57. The highest BCUT2D eigenvalue weighted by Gasteiger charge is 2.25. The van der Waals surface area contributed by atoms with Crippen molar-refractivity contribution in [1.82, 2.24) is 4.90 Å². The van der Waals surface area contributed by atoms with Gasteiger partial charge in [-0.05, 0) is 38.5 Å². The van der Waals surface area contributed by atoms with Gasteiger partial charge in [-0.1, -0.05) is 12.1 Å². The molecule has 0 bridgehead atoms. The normalized spacial score (nSPS) is 20.8. The van der Waals surface area contributed by atoms with Gasteiger partial charge in [-0.25, -0.2) is 0 Å². The summed E-state index contributed by atoms with van der Waals surface area (Å²) in [6.07, 6.45) is 0.199. The number of benzene rings is 1. The summed E-state index contributed by atoms with van der Waals surface area (Å²) < 4.78 is 5.56. The first-order chi connectivity index (χ1) is 10.2. The minimum atomic E-state index is -0.179. The number of hydrogen-bond acceptors (Lipinski definition) is 4. The van der Waals surface area contributed by atoms with Gasteiger partial charge in [0.05, 0.1) is 18.8 Å². The molecule has 4 nitrogen and oxygen atoms in total. The molecule has 0 unspecified atom stereocenters. The lowest BCUT2D eigenvalue weighted by molar-refractivity contribution is -0.0269. The predicted octanol–water partition coefficient (Wildman–Crippen LogP) is 2.82. The molecule has 1 saturated heterocycles. The van der Waals surface area contributed by atoms with E-state index >= 15 is 0 Å². The summed E-state index contributed by atoms with van der Waals surface area (Å²) in [6.45, 7) is 10.7. The third-order valence-corrected chi connectivity index (χ3v) is 4.10. The van der Waals surface area contributed by atoms with E-state index in [9.17, 15) is 5.26 Å². The van der Waals surface area contributed by atoms with E-state index in [0.29, 0.717) is 6.61 Å². The van der Waals surface area contributed by atoms with Gasteiger partial charge < -0.3 is 9.64 Å². The van der Waals surface area contributed by atoms with Crippen molar-refractivity contribution < 1.29 is 4.74 Å². The lowest BCUT2D eigenvalue weighted by Gasteiger charge is -2.34. The molecule has 1 heterocycles. The number of hydrogen-bond donors (Lipinski definition) is 0. The maximum absolute atomic E-state index is 9.55. The Labute approximate surface area is 127 Å². The second-order valence-electron chi connectivity index (χ2n) is 5.47. The third kappa shape index (κ3) is 3.75. The Kier molecular flexibility index (Phi) is 5.60. The van der Waals surface area contributed by atoms with Crippen molar-refractivity contribution in [2.75, 3.05) is 37.7 Å². The molecule has 0 aliphatic carbocycles. The van der Waals surface area contributed by atoms with Gasteiger partial charge >= 0.3 is 0 Å². The Morgan fingerprint density at radius 3 is 2.52 bits per heavy atom. The van der Waals surface area contributed by atoms with Crippen LogP contribution in [-0.2, 0) is 4.74 Å². The van der Waals surface area contributed by atoms with Gasteiger partial charge in [-0.15, -0.1) is 0 Å². The Morgan fingerprint density at radius 2 is 2.00 bits per heavy atom. The summed E-state index contributed by atoms with van der Waals surface area (Å²) in [6, 6.07) is 10.7. The first-order valence-electron chi connectivity index (χ1n) is 7.79. The molecule has 0 radical (unpaired) electrons. The Bertz CT molecular complexity index is 476. The molecule has 1 aromatic carbocycles. The van der Waals surface area contributed by atoms with Crippen molar-refractivity contribution in [2.24, 2.45) is 0 Å². The van der Waals surface area contributed by atoms with Crippen LogP contribution in [0.3, 0.4) is 0 Å². The summed E-state index contributed by atoms with van der Waals surface area (Å²) >= 11 is 0. The van der Waals surface area contributed by atoms with Crippen molar-refractivity contribution in [1.29, 1.82) is 5.26 Å². The molecule has 21 heavy (non-hydrogen) atoms. The monoisotopic (exact) mass is 287 g/mol. The first kappa shape index (κ1) is 15.8. The molecule has 0 N–H and O–H groups in total. The van der Waals surface area contributed by atoms with E-state index in [2.05, 4.69) is 60.9 Å². The smallest absolute Gasteiger partial charge is 0.124 e. The number of ether oxygens (including phenoxy) is 1. The van der Waals surface area contributed by atoms with Gasteiger partial charge in [-0.3, -0.25) is 4.90 Å². The number of rotatable bonds is 5. The molecule has 0 spiro atoms. The Balaban J connectivity index is 2.13. The van der Waals surface area contributed by atoms with E-state index in [-0.39, 0.29) is 12.1 Å².